The first-order valence-electron chi connectivity index (χ1n) is 9.23. The quantitative estimate of drug-likeness (QED) is 0.686. The minimum absolute atomic E-state index is 0.0886. The summed E-state index contributed by atoms with van der Waals surface area (Å²) in [6.07, 6.45) is 2.28. The summed E-state index contributed by atoms with van der Waals surface area (Å²) in [5.74, 6) is -0.174. The molecular formula is C22H22N2O2S. The van der Waals surface area contributed by atoms with Gasteiger partial charge in [-0.15, -0.1) is 11.3 Å². The van der Waals surface area contributed by atoms with Gasteiger partial charge in [-0.05, 0) is 29.9 Å². The van der Waals surface area contributed by atoms with Crippen LogP contribution < -0.4 is 4.90 Å². The van der Waals surface area contributed by atoms with E-state index in [4.69, 9.17) is 10.1 Å². The molecule has 2 aromatic carbocycles. The summed E-state index contributed by atoms with van der Waals surface area (Å²) in [5, 5.41) is 12.1. The molecule has 138 valence electrons. The maximum atomic E-state index is 10.8. The van der Waals surface area contributed by atoms with E-state index in [1.165, 1.54) is 5.56 Å². The first-order chi connectivity index (χ1) is 13.2. The van der Waals surface area contributed by atoms with E-state index in [9.17, 15) is 4.79 Å². The first-order valence-corrected chi connectivity index (χ1v) is 10.1. The molecule has 1 fully saturated rings. The summed E-state index contributed by atoms with van der Waals surface area (Å²) < 4.78 is 0. The fourth-order valence-electron chi connectivity index (χ4n) is 3.63. The van der Waals surface area contributed by atoms with Crippen molar-refractivity contribution in [1.82, 2.24) is 4.98 Å². The first kappa shape index (κ1) is 17.7. The second-order valence-electron chi connectivity index (χ2n) is 7.07. The highest BCUT2D eigenvalue weighted by Crippen LogP contribution is 2.31. The minimum Gasteiger partial charge on any atom is -0.481 e. The van der Waals surface area contributed by atoms with Gasteiger partial charge in [0.15, 0.2) is 5.13 Å². The summed E-state index contributed by atoms with van der Waals surface area (Å²) >= 11 is 1.72. The molecule has 0 saturated carbocycles. The van der Waals surface area contributed by atoms with E-state index in [-0.39, 0.29) is 6.42 Å². The molecule has 1 aromatic heterocycles. The highest BCUT2D eigenvalue weighted by atomic mass is 32.1. The van der Waals surface area contributed by atoms with Crippen LogP contribution in [-0.2, 0) is 17.6 Å². The fraction of sp³-hybridized carbons (Fsp3) is 0.273. The zero-order chi connectivity index (χ0) is 18.6. The summed E-state index contributed by atoms with van der Waals surface area (Å²) in [5.41, 5.74) is 4.35. The molecule has 0 spiro atoms. The lowest BCUT2D eigenvalue weighted by molar-refractivity contribution is -0.136. The Labute approximate surface area is 163 Å². The number of carboxylic acid groups (broad SMARTS) is 1. The van der Waals surface area contributed by atoms with Crippen LogP contribution in [0.15, 0.2) is 60.0 Å². The Hall–Kier alpha value is -2.66. The van der Waals surface area contributed by atoms with Crippen molar-refractivity contribution in [2.45, 2.75) is 19.3 Å². The van der Waals surface area contributed by atoms with Crippen molar-refractivity contribution in [3.05, 3.63) is 71.1 Å². The molecule has 1 atom stereocenters. The van der Waals surface area contributed by atoms with Gasteiger partial charge in [-0.3, -0.25) is 4.79 Å². The van der Waals surface area contributed by atoms with Crippen LogP contribution >= 0.6 is 11.3 Å². The van der Waals surface area contributed by atoms with Crippen LogP contribution in [0.5, 0.6) is 0 Å². The van der Waals surface area contributed by atoms with Crippen molar-refractivity contribution in [2.75, 3.05) is 18.0 Å². The van der Waals surface area contributed by atoms with Gasteiger partial charge in [-0.1, -0.05) is 54.6 Å². The number of aromatic nitrogens is 1. The van der Waals surface area contributed by atoms with Crippen molar-refractivity contribution in [3.8, 4) is 11.3 Å². The maximum Gasteiger partial charge on any atom is 0.307 e. The number of thiazole rings is 1. The van der Waals surface area contributed by atoms with Crippen molar-refractivity contribution in [1.29, 1.82) is 0 Å². The summed E-state index contributed by atoms with van der Waals surface area (Å²) in [6.45, 7) is 2.07. The van der Waals surface area contributed by atoms with Gasteiger partial charge in [0, 0.05) is 24.0 Å². The average Bonchev–Trinajstić information content (AvgIpc) is 3.33. The number of carbonyl (C=O) groups is 1. The van der Waals surface area contributed by atoms with Gasteiger partial charge in [-0.2, -0.15) is 0 Å². The third kappa shape index (κ3) is 4.37. The number of carboxylic acids is 1. The molecule has 1 aliphatic rings. The lowest BCUT2D eigenvalue weighted by Gasteiger charge is -2.15. The van der Waals surface area contributed by atoms with Crippen LogP contribution in [0.2, 0.25) is 0 Å². The van der Waals surface area contributed by atoms with Crippen LogP contribution in [-0.4, -0.2) is 29.1 Å². The third-order valence-electron chi connectivity index (χ3n) is 5.02. The van der Waals surface area contributed by atoms with E-state index in [0.717, 1.165) is 47.9 Å². The molecule has 2 heterocycles. The van der Waals surface area contributed by atoms with Gasteiger partial charge in [0.05, 0.1) is 12.1 Å². The van der Waals surface area contributed by atoms with E-state index >= 15 is 0 Å². The standard InChI is InChI=1S/C22H22N2O2S/c25-21(26)13-17-8-6-16(7-9-17)12-18-10-11-24(14-18)22-23-20(15-27-22)19-4-2-1-3-5-19/h1-9,15,18H,10-14H2,(H,25,26). The van der Waals surface area contributed by atoms with Gasteiger partial charge in [0.2, 0.25) is 0 Å². The van der Waals surface area contributed by atoms with Crippen molar-refractivity contribution in [2.24, 2.45) is 5.92 Å². The SMILES string of the molecule is O=C(O)Cc1ccc(CC2CCN(c3nc(-c4ccccc4)cs3)C2)cc1. The second-order valence-corrected chi connectivity index (χ2v) is 7.91. The van der Waals surface area contributed by atoms with E-state index in [2.05, 4.69) is 34.5 Å². The molecule has 4 rings (SSSR count). The van der Waals surface area contributed by atoms with Gasteiger partial charge >= 0.3 is 5.97 Å². The minimum atomic E-state index is -0.785. The molecule has 5 heteroatoms. The van der Waals surface area contributed by atoms with Crippen LogP contribution in [0.25, 0.3) is 11.3 Å². The van der Waals surface area contributed by atoms with Crippen LogP contribution in [0.1, 0.15) is 17.5 Å². The molecule has 0 bridgehead atoms. The average molecular weight is 378 g/mol. The number of anilines is 1. The smallest absolute Gasteiger partial charge is 0.307 e. The highest BCUT2D eigenvalue weighted by molar-refractivity contribution is 7.14. The van der Waals surface area contributed by atoms with Crippen molar-refractivity contribution < 1.29 is 9.90 Å². The topological polar surface area (TPSA) is 53.4 Å². The van der Waals surface area contributed by atoms with Gasteiger partial charge < -0.3 is 10.0 Å². The Morgan fingerprint density at radius 1 is 1.11 bits per heavy atom. The zero-order valence-electron chi connectivity index (χ0n) is 15.0. The van der Waals surface area contributed by atoms with Gasteiger partial charge in [0.25, 0.3) is 0 Å². The number of hydrogen-bond donors (Lipinski definition) is 1. The van der Waals surface area contributed by atoms with E-state index in [1.807, 2.05) is 30.3 Å². The number of aliphatic carboxylic acids is 1. The lowest BCUT2D eigenvalue weighted by Crippen LogP contribution is -2.20. The Bertz CT molecular complexity index is 906. The number of nitrogens with zero attached hydrogens (tertiary/aromatic N) is 2. The molecule has 1 unspecified atom stereocenters. The number of rotatable bonds is 6. The normalized spacial score (nSPS) is 16.6. The van der Waals surface area contributed by atoms with E-state index in [0.29, 0.717) is 5.92 Å². The Morgan fingerprint density at radius 2 is 1.85 bits per heavy atom. The Morgan fingerprint density at radius 3 is 2.59 bits per heavy atom. The molecule has 1 N–H and O–H groups in total. The zero-order valence-corrected chi connectivity index (χ0v) is 15.9. The molecule has 0 amide bonds. The largest absolute Gasteiger partial charge is 0.481 e. The molecular weight excluding hydrogens is 356 g/mol. The van der Waals surface area contributed by atoms with Crippen LogP contribution in [0.3, 0.4) is 0 Å². The molecule has 0 radical (unpaired) electrons. The Kier molecular flexibility index (Phi) is 5.21. The predicted molar refractivity (Wildman–Crippen MR) is 109 cm³/mol. The van der Waals surface area contributed by atoms with Crippen LogP contribution in [0, 0.1) is 5.92 Å². The molecule has 1 aliphatic heterocycles. The molecule has 1 saturated heterocycles. The summed E-state index contributed by atoms with van der Waals surface area (Å²) in [7, 11) is 0. The van der Waals surface area contributed by atoms with Crippen LogP contribution in [0.4, 0.5) is 5.13 Å². The maximum absolute atomic E-state index is 10.8. The van der Waals surface area contributed by atoms with E-state index < -0.39 is 5.97 Å². The third-order valence-corrected chi connectivity index (χ3v) is 5.92. The van der Waals surface area contributed by atoms with Gasteiger partial charge in [0.1, 0.15) is 0 Å². The lowest BCUT2D eigenvalue weighted by atomic mass is 9.97. The fourth-order valence-corrected chi connectivity index (χ4v) is 4.50. The van der Waals surface area contributed by atoms with Crippen molar-refractivity contribution >= 4 is 22.4 Å². The summed E-state index contributed by atoms with van der Waals surface area (Å²) in [6, 6.07) is 18.3. The second kappa shape index (κ2) is 7.92. The number of hydrogen-bond acceptors (Lipinski definition) is 4. The number of benzene rings is 2. The highest BCUT2D eigenvalue weighted by Gasteiger charge is 2.25. The van der Waals surface area contributed by atoms with Gasteiger partial charge in [-0.25, -0.2) is 4.98 Å². The van der Waals surface area contributed by atoms with Crippen molar-refractivity contribution in [3.63, 3.8) is 0 Å². The summed E-state index contributed by atoms with van der Waals surface area (Å²) in [4.78, 5) is 18.0. The van der Waals surface area contributed by atoms with E-state index in [1.54, 1.807) is 11.3 Å². The molecule has 27 heavy (non-hydrogen) atoms. The monoisotopic (exact) mass is 378 g/mol. The molecule has 4 nitrogen and oxygen atoms in total. The predicted octanol–water partition coefficient (Wildman–Crippen LogP) is 4.51. The molecule has 3 aromatic rings. The molecule has 0 aliphatic carbocycles. The Balaban J connectivity index is 1.36.